The Morgan fingerprint density at radius 3 is 2.58 bits per heavy atom. The lowest BCUT2D eigenvalue weighted by atomic mass is 10.4. The van der Waals surface area contributed by atoms with Gasteiger partial charge in [-0.25, -0.2) is 15.0 Å². The van der Waals surface area contributed by atoms with Crippen molar-refractivity contribution in [2.24, 2.45) is 11.5 Å². The molecule has 8 heteroatoms. The van der Waals surface area contributed by atoms with Crippen LogP contribution in [0.15, 0.2) is 0 Å². The van der Waals surface area contributed by atoms with Crippen LogP contribution in [0.2, 0.25) is 0 Å². The maximum Gasteiger partial charge on any atom is 0.344 e. The summed E-state index contributed by atoms with van der Waals surface area (Å²) < 4.78 is 0. The number of nitrogens with one attached hydrogen (secondary N) is 2. The third kappa shape index (κ3) is 4.77. The predicted molar refractivity (Wildman–Crippen MR) is 43.8 cm³/mol. The summed E-state index contributed by atoms with van der Waals surface area (Å²) in [5, 5.41) is 0. The largest absolute Gasteiger partial charge is 0.350 e. The van der Waals surface area contributed by atoms with Gasteiger partial charge in [0.25, 0.3) is 0 Å². The molecule has 0 aromatic rings. The van der Waals surface area contributed by atoms with Crippen molar-refractivity contribution in [3.63, 3.8) is 0 Å². The van der Waals surface area contributed by atoms with E-state index in [9.17, 15) is 9.59 Å². The number of hydrogen-bond acceptors (Lipinski definition) is 6. The molecule has 0 spiro atoms. The number of amides is 2. The van der Waals surface area contributed by atoms with E-state index in [-0.39, 0.29) is 5.75 Å². The van der Waals surface area contributed by atoms with Crippen LogP contribution >= 0.6 is 12.6 Å². The van der Waals surface area contributed by atoms with Crippen LogP contribution in [0.25, 0.3) is 0 Å². The van der Waals surface area contributed by atoms with Gasteiger partial charge in [-0.15, -0.1) is 0 Å². The molecule has 70 valence electrons. The molecule has 0 aliphatic carbocycles. The lowest BCUT2D eigenvalue weighted by molar-refractivity contribution is -0.153. The molecule has 0 fully saturated rings. The highest BCUT2D eigenvalue weighted by molar-refractivity contribution is 7.80. The highest BCUT2D eigenvalue weighted by Crippen LogP contribution is 1.84. The van der Waals surface area contributed by atoms with Crippen molar-refractivity contribution >= 4 is 24.6 Å². The zero-order chi connectivity index (χ0) is 9.56. The molecule has 0 rings (SSSR count). The molecular weight excluding hydrogens is 184 g/mol. The van der Waals surface area contributed by atoms with Crippen LogP contribution in [-0.4, -0.2) is 23.8 Å². The summed E-state index contributed by atoms with van der Waals surface area (Å²) in [6.07, 6.45) is 0. The van der Waals surface area contributed by atoms with Crippen molar-refractivity contribution in [3.05, 3.63) is 0 Å². The second kappa shape index (κ2) is 5.63. The van der Waals surface area contributed by atoms with Crippen molar-refractivity contribution in [1.82, 2.24) is 11.0 Å². The molecule has 6 N–H and O–H groups in total. The Morgan fingerprint density at radius 1 is 1.58 bits per heavy atom. The van der Waals surface area contributed by atoms with Gasteiger partial charge in [0, 0.05) is 5.75 Å². The molecule has 0 heterocycles. The Hall–Kier alpha value is -0.990. The van der Waals surface area contributed by atoms with Gasteiger partial charge < -0.3 is 16.3 Å². The van der Waals surface area contributed by atoms with Crippen molar-refractivity contribution in [2.75, 3.05) is 5.75 Å². The Morgan fingerprint density at radius 2 is 2.17 bits per heavy atom. The summed E-state index contributed by atoms with van der Waals surface area (Å²) in [6.45, 7) is 0. The van der Waals surface area contributed by atoms with Gasteiger partial charge in [0.1, 0.15) is 6.04 Å². The zero-order valence-corrected chi connectivity index (χ0v) is 7.01. The van der Waals surface area contributed by atoms with Crippen LogP contribution < -0.4 is 22.5 Å². The molecule has 0 unspecified atom stereocenters. The van der Waals surface area contributed by atoms with Gasteiger partial charge in [0.05, 0.1) is 0 Å². The summed E-state index contributed by atoms with van der Waals surface area (Å²) in [6, 6.07) is -1.71. The molecular formula is C4H10N4O3S. The van der Waals surface area contributed by atoms with Gasteiger partial charge in [0.15, 0.2) is 0 Å². The van der Waals surface area contributed by atoms with E-state index in [1.54, 1.807) is 0 Å². The van der Waals surface area contributed by atoms with Crippen LogP contribution in [0.4, 0.5) is 4.79 Å². The normalized spacial score (nSPS) is 11.8. The first-order valence-corrected chi connectivity index (χ1v) is 3.58. The number of hydrogen-bond donors (Lipinski definition) is 5. The Kier molecular flexibility index (Phi) is 5.17. The van der Waals surface area contributed by atoms with Crippen molar-refractivity contribution in [3.8, 4) is 0 Å². The standard InChI is InChI=1S/C4H10N4O3S/c5-2(1-12)3(9)11-8-7-4(6)10/h2,8,12H,1,5H2,(H3,6,7,10)/t2-/m0/s1. The second-order valence-corrected chi connectivity index (χ2v) is 2.17. The molecule has 0 aliphatic heterocycles. The van der Waals surface area contributed by atoms with E-state index < -0.39 is 18.0 Å². The SMILES string of the molecule is NC(=O)NNOC(=O)[C@@H](N)CS. The Labute approximate surface area is 74.1 Å². The van der Waals surface area contributed by atoms with E-state index in [1.165, 1.54) is 0 Å². The van der Waals surface area contributed by atoms with Crippen LogP contribution in [0, 0.1) is 0 Å². The van der Waals surface area contributed by atoms with Gasteiger partial charge in [-0.05, 0) is 0 Å². The van der Waals surface area contributed by atoms with E-state index in [0.29, 0.717) is 0 Å². The molecule has 2 amide bonds. The minimum absolute atomic E-state index is 0.150. The van der Waals surface area contributed by atoms with Gasteiger partial charge >= 0.3 is 12.0 Å². The number of nitrogens with two attached hydrogens (primary N) is 2. The third-order valence-corrected chi connectivity index (χ3v) is 1.22. The molecule has 0 aromatic carbocycles. The summed E-state index contributed by atoms with van der Waals surface area (Å²) in [7, 11) is 0. The number of urea groups is 1. The van der Waals surface area contributed by atoms with Crippen molar-refractivity contribution < 1.29 is 14.4 Å². The molecule has 12 heavy (non-hydrogen) atoms. The van der Waals surface area contributed by atoms with E-state index in [0.717, 1.165) is 0 Å². The van der Waals surface area contributed by atoms with Gasteiger partial charge in [-0.1, -0.05) is 5.59 Å². The highest BCUT2D eigenvalue weighted by atomic mass is 32.1. The van der Waals surface area contributed by atoms with Crippen LogP contribution in [0.5, 0.6) is 0 Å². The molecule has 0 bridgehead atoms. The molecule has 0 radical (unpaired) electrons. The fraction of sp³-hybridized carbons (Fsp3) is 0.500. The Balaban J connectivity index is 3.50. The van der Waals surface area contributed by atoms with Gasteiger partial charge in [-0.3, -0.25) is 0 Å². The number of thiol groups is 1. The highest BCUT2D eigenvalue weighted by Gasteiger charge is 2.12. The molecule has 1 atom stereocenters. The molecule has 0 saturated heterocycles. The first-order valence-electron chi connectivity index (χ1n) is 2.95. The second-order valence-electron chi connectivity index (χ2n) is 1.80. The quantitative estimate of drug-likeness (QED) is 0.259. The summed E-state index contributed by atoms with van der Waals surface area (Å²) >= 11 is 3.75. The van der Waals surface area contributed by atoms with E-state index in [4.69, 9.17) is 5.73 Å². The van der Waals surface area contributed by atoms with Crippen molar-refractivity contribution in [2.45, 2.75) is 6.04 Å². The van der Waals surface area contributed by atoms with Crippen LogP contribution in [-0.2, 0) is 9.63 Å². The van der Waals surface area contributed by atoms with Crippen LogP contribution in [0.3, 0.4) is 0 Å². The van der Waals surface area contributed by atoms with Gasteiger partial charge in [0.2, 0.25) is 0 Å². The molecule has 0 aromatic heterocycles. The number of primary amides is 1. The number of hydrazine groups is 1. The lowest BCUT2D eigenvalue weighted by Crippen LogP contribution is -2.45. The van der Waals surface area contributed by atoms with Crippen LogP contribution in [0.1, 0.15) is 0 Å². The average molecular weight is 194 g/mol. The fourth-order valence-corrected chi connectivity index (χ4v) is 0.425. The monoisotopic (exact) mass is 194 g/mol. The molecule has 0 aliphatic rings. The predicted octanol–water partition coefficient (Wildman–Crippen LogP) is -2.13. The smallest absolute Gasteiger partial charge is 0.344 e. The Bertz CT molecular complexity index is 176. The number of carbonyl (C=O) groups excluding carboxylic acids is 2. The summed E-state index contributed by atoms with van der Waals surface area (Å²) in [4.78, 5) is 25.0. The third-order valence-electron chi connectivity index (χ3n) is 0.825. The van der Waals surface area contributed by atoms with Gasteiger partial charge in [-0.2, -0.15) is 12.6 Å². The van der Waals surface area contributed by atoms with E-state index in [2.05, 4.69) is 23.2 Å². The lowest BCUT2D eigenvalue weighted by Gasteiger charge is -2.08. The summed E-state index contributed by atoms with van der Waals surface area (Å²) in [5.74, 6) is -0.587. The fourth-order valence-electron chi connectivity index (χ4n) is 0.276. The average Bonchev–Trinajstić information content (AvgIpc) is 2.02. The number of rotatable bonds is 4. The maximum absolute atomic E-state index is 10.7. The van der Waals surface area contributed by atoms with E-state index >= 15 is 0 Å². The minimum Gasteiger partial charge on any atom is -0.350 e. The number of carbonyl (C=O) groups is 2. The topological polar surface area (TPSA) is 119 Å². The molecule has 0 saturated carbocycles. The first-order chi connectivity index (χ1) is 5.57. The maximum atomic E-state index is 10.7. The van der Waals surface area contributed by atoms with E-state index in [1.807, 2.05) is 11.0 Å². The molecule has 7 nitrogen and oxygen atoms in total. The summed E-state index contributed by atoms with van der Waals surface area (Å²) in [5.41, 5.74) is 13.5. The first kappa shape index (κ1) is 11.0. The zero-order valence-electron chi connectivity index (χ0n) is 6.11. The minimum atomic E-state index is -0.873. The van der Waals surface area contributed by atoms with Crippen molar-refractivity contribution in [1.29, 1.82) is 0 Å².